The molecule has 88 valence electrons. The van der Waals surface area contributed by atoms with Gasteiger partial charge in [0.05, 0.1) is 0 Å². The molecule has 1 fully saturated rings. The Labute approximate surface area is 97.1 Å². The van der Waals surface area contributed by atoms with E-state index in [1.54, 1.807) is 12.1 Å². The highest BCUT2D eigenvalue weighted by Gasteiger charge is 2.42. The molecule has 0 heterocycles. The number of hydrogen-bond donors (Lipinski definition) is 1. The lowest BCUT2D eigenvalue weighted by Gasteiger charge is -2.25. The van der Waals surface area contributed by atoms with Gasteiger partial charge in [0.25, 0.3) is 0 Å². The third-order valence-corrected chi connectivity index (χ3v) is 3.93. The predicted octanol–water partition coefficient (Wildman–Crippen LogP) is 3.66. The lowest BCUT2D eigenvalue weighted by Crippen LogP contribution is -2.35. The van der Waals surface area contributed by atoms with Gasteiger partial charge in [0.1, 0.15) is 5.82 Å². The smallest absolute Gasteiger partial charge is 0.123 e. The van der Waals surface area contributed by atoms with Crippen LogP contribution in [0.25, 0.3) is 0 Å². The summed E-state index contributed by atoms with van der Waals surface area (Å²) < 4.78 is 13.1. The molecule has 0 radical (unpaired) electrons. The molecular weight excluding hydrogens is 201 g/mol. The van der Waals surface area contributed by atoms with Gasteiger partial charge < -0.3 is 5.32 Å². The van der Waals surface area contributed by atoms with E-state index in [0.29, 0.717) is 11.5 Å². The van der Waals surface area contributed by atoms with Crippen molar-refractivity contribution in [3.05, 3.63) is 35.6 Å². The summed E-state index contributed by atoms with van der Waals surface area (Å²) in [6.45, 7) is 6.63. The molecule has 2 heteroatoms. The zero-order valence-corrected chi connectivity index (χ0v) is 10.3. The molecule has 2 rings (SSSR count). The van der Waals surface area contributed by atoms with E-state index >= 15 is 0 Å². The maximum absolute atomic E-state index is 13.1. The molecule has 1 unspecified atom stereocenters. The molecule has 1 aliphatic rings. The van der Waals surface area contributed by atoms with Crippen LogP contribution in [0.4, 0.5) is 4.39 Å². The van der Waals surface area contributed by atoms with Crippen molar-refractivity contribution in [2.45, 2.75) is 45.7 Å². The summed E-state index contributed by atoms with van der Waals surface area (Å²) in [7, 11) is 0. The predicted molar refractivity (Wildman–Crippen MR) is 64.8 cm³/mol. The molecule has 0 aromatic heterocycles. The fourth-order valence-corrected chi connectivity index (χ4v) is 2.08. The van der Waals surface area contributed by atoms with Crippen LogP contribution >= 0.6 is 0 Å². The van der Waals surface area contributed by atoms with Crippen LogP contribution < -0.4 is 5.32 Å². The van der Waals surface area contributed by atoms with Gasteiger partial charge in [-0.1, -0.05) is 19.1 Å². The van der Waals surface area contributed by atoms with Crippen LogP contribution in [-0.4, -0.2) is 6.04 Å². The van der Waals surface area contributed by atoms with Crippen LogP contribution in [0.1, 0.15) is 45.2 Å². The third-order valence-electron chi connectivity index (χ3n) is 3.93. The van der Waals surface area contributed by atoms with Crippen molar-refractivity contribution in [2.24, 2.45) is 5.41 Å². The van der Waals surface area contributed by atoms with E-state index in [1.807, 2.05) is 6.07 Å². The van der Waals surface area contributed by atoms with E-state index in [9.17, 15) is 4.39 Å². The number of nitrogens with one attached hydrogen (secondary N) is 1. The lowest BCUT2D eigenvalue weighted by atomic mass is 9.98. The summed E-state index contributed by atoms with van der Waals surface area (Å²) in [5.74, 6) is -0.156. The average Bonchev–Trinajstić information content (AvgIpc) is 2.98. The highest BCUT2D eigenvalue weighted by Crippen LogP contribution is 2.48. The Morgan fingerprint density at radius 1 is 1.31 bits per heavy atom. The van der Waals surface area contributed by atoms with Crippen molar-refractivity contribution in [3.63, 3.8) is 0 Å². The Hall–Kier alpha value is -0.890. The summed E-state index contributed by atoms with van der Waals surface area (Å²) >= 11 is 0. The van der Waals surface area contributed by atoms with Gasteiger partial charge in [0.2, 0.25) is 0 Å². The maximum Gasteiger partial charge on any atom is 0.123 e. The molecule has 0 saturated heterocycles. The van der Waals surface area contributed by atoms with Crippen LogP contribution in [0, 0.1) is 11.2 Å². The largest absolute Gasteiger partial charge is 0.307 e. The Morgan fingerprint density at radius 2 is 2.00 bits per heavy atom. The number of halogens is 1. The zero-order chi connectivity index (χ0) is 11.8. The van der Waals surface area contributed by atoms with Crippen molar-refractivity contribution in [3.8, 4) is 0 Å². The van der Waals surface area contributed by atoms with Crippen molar-refractivity contribution in [1.82, 2.24) is 5.32 Å². The van der Waals surface area contributed by atoms with E-state index in [0.717, 1.165) is 5.56 Å². The van der Waals surface area contributed by atoms with Crippen molar-refractivity contribution < 1.29 is 4.39 Å². The van der Waals surface area contributed by atoms with Gasteiger partial charge in [0, 0.05) is 12.1 Å². The normalized spacial score (nSPS) is 21.5. The fourth-order valence-electron chi connectivity index (χ4n) is 2.08. The molecular formula is C14H20FN. The highest BCUT2D eigenvalue weighted by molar-refractivity contribution is 5.20. The van der Waals surface area contributed by atoms with Gasteiger partial charge >= 0.3 is 0 Å². The van der Waals surface area contributed by atoms with Gasteiger partial charge in [-0.3, -0.25) is 0 Å². The second-order valence-corrected chi connectivity index (χ2v) is 5.32. The van der Waals surface area contributed by atoms with E-state index in [4.69, 9.17) is 0 Å². The van der Waals surface area contributed by atoms with E-state index in [1.165, 1.54) is 18.9 Å². The molecule has 1 aromatic rings. The summed E-state index contributed by atoms with van der Waals surface area (Å²) in [5.41, 5.74) is 1.48. The van der Waals surface area contributed by atoms with E-state index in [-0.39, 0.29) is 11.9 Å². The Morgan fingerprint density at radius 3 is 2.56 bits per heavy atom. The second-order valence-electron chi connectivity index (χ2n) is 5.32. The first-order valence-electron chi connectivity index (χ1n) is 6.03. The van der Waals surface area contributed by atoms with E-state index < -0.39 is 0 Å². The summed E-state index contributed by atoms with van der Waals surface area (Å²) in [6.07, 6.45) is 2.61. The molecule has 1 aromatic carbocycles. The van der Waals surface area contributed by atoms with Gasteiger partial charge in [-0.2, -0.15) is 0 Å². The maximum atomic E-state index is 13.1. The first kappa shape index (κ1) is 11.6. The minimum Gasteiger partial charge on any atom is -0.307 e. The van der Waals surface area contributed by atoms with Crippen LogP contribution in [0.5, 0.6) is 0 Å². The molecule has 0 spiro atoms. The molecule has 2 atom stereocenters. The Kier molecular flexibility index (Phi) is 3.02. The van der Waals surface area contributed by atoms with Gasteiger partial charge in [0.15, 0.2) is 0 Å². The molecule has 0 amide bonds. The summed E-state index contributed by atoms with van der Waals surface area (Å²) in [4.78, 5) is 0. The molecule has 0 aliphatic heterocycles. The number of benzene rings is 1. The molecule has 1 N–H and O–H groups in total. The van der Waals surface area contributed by atoms with Crippen LogP contribution in [-0.2, 0) is 0 Å². The topological polar surface area (TPSA) is 12.0 Å². The van der Waals surface area contributed by atoms with Gasteiger partial charge in [-0.15, -0.1) is 0 Å². The molecule has 16 heavy (non-hydrogen) atoms. The van der Waals surface area contributed by atoms with Crippen LogP contribution in [0.2, 0.25) is 0 Å². The van der Waals surface area contributed by atoms with Crippen molar-refractivity contribution >= 4 is 0 Å². The first-order valence-corrected chi connectivity index (χ1v) is 6.03. The number of rotatable bonds is 4. The minimum atomic E-state index is -0.156. The zero-order valence-electron chi connectivity index (χ0n) is 10.3. The standard InChI is InChI=1S/C14H20FN/c1-10(12-5-4-6-13(15)9-12)16-11(2)14(3)7-8-14/h4-6,9-11,16H,7-8H2,1-3H3/t10-,11?/m0/s1. The molecule has 1 aliphatic carbocycles. The Bertz CT molecular complexity index is 371. The minimum absolute atomic E-state index is 0.156. The molecule has 1 nitrogen and oxygen atoms in total. The SMILES string of the molecule is CC(N[C@@H](C)c1cccc(F)c1)C1(C)CC1. The first-order chi connectivity index (χ1) is 7.51. The second kappa shape index (κ2) is 4.17. The van der Waals surface area contributed by atoms with Crippen LogP contribution in [0.3, 0.4) is 0 Å². The summed E-state index contributed by atoms with van der Waals surface area (Å²) in [6, 6.07) is 7.55. The molecule has 1 saturated carbocycles. The fraction of sp³-hybridized carbons (Fsp3) is 0.571. The monoisotopic (exact) mass is 221 g/mol. The van der Waals surface area contributed by atoms with Gasteiger partial charge in [-0.25, -0.2) is 4.39 Å². The average molecular weight is 221 g/mol. The van der Waals surface area contributed by atoms with Gasteiger partial charge in [-0.05, 0) is 49.8 Å². The van der Waals surface area contributed by atoms with E-state index in [2.05, 4.69) is 26.1 Å². The highest BCUT2D eigenvalue weighted by atomic mass is 19.1. The van der Waals surface area contributed by atoms with Crippen molar-refractivity contribution in [1.29, 1.82) is 0 Å². The number of hydrogen-bond acceptors (Lipinski definition) is 1. The Balaban J connectivity index is 2.00. The van der Waals surface area contributed by atoms with Crippen LogP contribution in [0.15, 0.2) is 24.3 Å². The quantitative estimate of drug-likeness (QED) is 0.818. The third kappa shape index (κ3) is 2.43. The van der Waals surface area contributed by atoms with Crippen molar-refractivity contribution in [2.75, 3.05) is 0 Å². The summed E-state index contributed by atoms with van der Waals surface area (Å²) in [5, 5.41) is 3.56. The lowest BCUT2D eigenvalue weighted by molar-refractivity contribution is 0.350. The molecule has 0 bridgehead atoms.